The van der Waals surface area contributed by atoms with E-state index in [4.69, 9.17) is 9.47 Å². The molecule has 0 amide bonds. The van der Waals surface area contributed by atoms with Gasteiger partial charge in [0, 0.05) is 5.56 Å². The highest BCUT2D eigenvalue weighted by Crippen LogP contribution is 2.38. The molecule has 0 saturated heterocycles. The lowest BCUT2D eigenvalue weighted by Gasteiger charge is -2.26. The summed E-state index contributed by atoms with van der Waals surface area (Å²) < 4.78 is 12.1. The van der Waals surface area contributed by atoms with Gasteiger partial charge in [-0.3, -0.25) is 4.79 Å². The highest BCUT2D eigenvalue weighted by Gasteiger charge is 2.29. The summed E-state index contributed by atoms with van der Waals surface area (Å²) in [5, 5.41) is 0. The Labute approximate surface area is 146 Å². The van der Waals surface area contributed by atoms with Crippen molar-refractivity contribution >= 4 is 5.78 Å². The third-order valence-corrected chi connectivity index (χ3v) is 4.33. The van der Waals surface area contributed by atoms with Gasteiger partial charge < -0.3 is 9.47 Å². The third-order valence-electron chi connectivity index (χ3n) is 4.33. The van der Waals surface area contributed by atoms with Gasteiger partial charge in [-0.25, -0.2) is 0 Å². The molecule has 0 N–H and O–H groups in total. The summed E-state index contributed by atoms with van der Waals surface area (Å²) in [6.45, 7) is 0.481. The second-order valence-electron chi connectivity index (χ2n) is 6.04. The number of para-hydroxylation sites is 2. The van der Waals surface area contributed by atoms with Crippen LogP contribution in [0.1, 0.15) is 34.0 Å². The maximum absolute atomic E-state index is 12.4. The van der Waals surface area contributed by atoms with E-state index in [-0.39, 0.29) is 11.9 Å². The minimum absolute atomic E-state index is 0.102. The van der Waals surface area contributed by atoms with Crippen molar-refractivity contribution < 1.29 is 14.3 Å². The van der Waals surface area contributed by atoms with Gasteiger partial charge in [0.25, 0.3) is 0 Å². The Morgan fingerprint density at radius 1 is 0.880 bits per heavy atom. The smallest absolute Gasteiger partial charge is 0.170 e. The first-order chi connectivity index (χ1) is 12.3. The van der Waals surface area contributed by atoms with Gasteiger partial charge in [-0.1, -0.05) is 60.7 Å². The van der Waals surface area contributed by atoms with Crippen LogP contribution >= 0.6 is 0 Å². The number of Topliss-reactive ketones (excluding diaryl/α,β-unsaturated/α-hetero) is 1. The van der Waals surface area contributed by atoms with E-state index < -0.39 is 0 Å². The molecule has 4 rings (SSSR count). The van der Waals surface area contributed by atoms with E-state index in [1.54, 1.807) is 0 Å². The lowest BCUT2D eigenvalue weighted by atomic mass is 9.96. The zero-order valence-electron chi connectivity index (χ0n) is 13.7. The van der Waals surface area contributed by atoms with E-state index in [1.165, 1.54) is 0 Å². The Bertz CT molecular complexity index is 887. The fraction of sp³-hybridized carbons (Fsp3) is 0.136. The summed E-state index contributed by atoms with van der Waals surface area (Å²) in [6.07, 6.45) is -0.00251. The van der Waals surface area contributed by atoms with Crippen LogP contribution in [0, 0.1) is 0 Å². The zero-order valence-corrected chi connectivity index (χ0v) is 13.7. The molecule has 0 aliphatic carbocycles. The molecule has 0 bridgehead atoms. The number of carbonyl (C=O) groups is 1. The minimum atomic E-state index is -0.325. The lowest BCUT2D eigenvalue weighted by Crippen LogP contribution is -2.20. The Morgan fingerprint density at radius 2 is 1.60 bits per heavy atom. The summed E-state index contributed by atoms with van der Waals surface area (Å²) in [6, 6.07) is 25.2. The van der Waals surface area contributed by atoms with E-state index in [9.17, 15) is 4.79 Å². The molecule has 3 aromatic carbocycles. The van der Waals surface area contributed by atoms with Crippen LogP contribution in [0.5, 0.6) is 11.5 Å². The molecule has 1 heterocycles. The van der Waals surface area contributed by atoms with Crippen LogP contribution in [0.4, 0.5) is 0 Å². The molecule has 0 saturated carbocycles. The predicted molar refractivity (Wildman–Crippen MR) is 96.0 cm³/mol. The molecule has 3 nitrogen and oxygen atoms in total. The molecule has 0 fully saturated rings. The summed E-state index contributed by atoms with van der Waals surface area (Å²) >= 11 is 0. The van der Waals surface area contributed by atoms with Gasteiger partial charge in [0.15, 0.2) is 5.78 Å². The van der Waals surface area contributed by atoms with Crippen molar-refractivity contribution in [3.63, 3.8) is 0 Å². The average Bonchev–Trinajstić information content (AvgIpc) is 2.67. The van der Waals surface area contributed by atoms with Gasteiger partial charge in [-0.05, 0) is 23.8 Å². The van der Waals surface area contributed by atoms with Gasteiger partial charge in [0.05, 0.1) is 12.0 Å². The molecule has 3 heteroatoms. The van der Waals surface area contributed by atoms with Crippen LogP contribution < -0.4 is 9.47 Å². The van der Waals surface area contributed by atoms with Gasteiger partial charge in [0.1, 0.15) is 24.2 Å². The number of ketones is 1. The van der Waals surface area contributed by atoms with Crippen molar-refractivity contribution in [3.8, 4) is 11.5 Å². The van der Waals surface area contributed by atoms with Gasteiger partial charge in [-0.15, -0.1) is 0 Å². The Hall–Kier alpha value is -3.07. The highest BCUT2D eigenvalue weighted by molar-refractivity contribution is 6.00. The van der Waals surface area contributed by atoms with Crippen LogP contribution in [0.25, 0.3) is 0 Å². The Balaban J connectivity index is 1.58. The average molecular weight is 330 g/mol. The normalized spacial score (nSPS) is 16.0. The highest BCUT2D eigenvalue weighted by atomic mass is 16.5. The van der Waals surface area contributed by atoms with Crippen molar-refractivity contribution in [3.05, 3.63) is 95.6 Å². The second kappa shape index (κ2) is 6.81. The monoisotopic (exact) mass is 330 g/mol. The van der Waals surface area contributed by atoms with Crippen molar-refractivity contribution in [2.75, 3.05) is 0 Å². The summed E-state index contributed by atoms with van der Waals surface area (Å²) in [7, 11) is 0. The molecule has 0 spiro atoms. The van der Waals surface area contributed by atoms with Gasteiger partial charge in [0.2, 0.25) is 0 Å². The van der Waals surface area contributed by atoms with Crippen LogP contribution in [-0.2, 0) is 6.61 Å². The fourth-order valence-corrected chi connectivity index (χ4v) is 3.06. The number of ether oxygens (including phenoxy) is 2. The van der Waals surface area contributed by atoms with Crippen molar-refractivity contribution in [2.24, 2.45) is 0 Å². The fourth-order valence-electron chi connectivity index (χ4n) is 3.06. The molecular formula is C22H18O3. The largest absolute Gasteiger partial charge is 0.488 e. The van der Waals surface area contributed by atoms with Crippen molar-refractivity contribution in [1.29, 1.82) is 0 Å². The molecular weight excluding hydrogens is 312 g/mol. The van der Waals surface area contributed by atoms with E-state index >= 15 is 0 Å². The number of carbonyl (C=O) groups excluding carboxylic acids is 1. The molecule has 3 aromatic rings. The summed E-state index contributed by atoms with van der Waals surface area (Å²) in [5.41, 5.74) is 2.66. The van der Waals surface area contributed by atoms with Gasteiger partial charge >= 0.3 is 0 Å². The molecule has 0 aromatic heterocycles. The topological polar surface area (TPSA) is 35.5 Å². The zero-order chi connectivity index (χ0) is 17.1. The third kappa shape index (κ3) is 3.26. The first kappa shape index (κ1) is 15.5. The first-order valence-corrected chi connectivity index (χ1v) is 8.36. The molecule has 25 heavy (non-hydrogen) atoms. The van der Waals surface area contributed by atoms with E-state index in [1.807, 2.05) is 78.9 Å². The maximum atomic E-state index is 12.4. The van der Waals surface area contributed by atoms with E-state index in [0.717, 1.165) is 16.9 Å². The van der Waals surface area contributed by atoms with Crippen molar-refractivity contribution in [2.45, 2.75) is 19.1 Å². The van der Waals surface area contributed by atoms with E-state index in [0.29, 0.717) is 24.3 Å². The lowest BCUT2D eigenvalue weighted by molar-refractivity contribution is 0.0845. The molecule has 0 radical (unpaired) electrons. The van der Waals surface area contributed by atoms with Crippen LogP contribution in [0.15, 0.2) is 78.9 Å². The quantitative estimate of drug-likeness (QED) is 0.677. The van der Waals surface area contributed by atoms with Crippen LogP contribution in [0.2, 0.25) is 0 Å². The number of hydrogen-bond donors (Lipinski definition) is 0. The maximum Gasteiger partial charge on any atom is 0.170 e. The van der Waals surface area contributed by atoms with Crippen LogP contribution in [-0.4, -0.2) is 5.78 Å². The molecule has 1 aliphatic heterocycles. The number of fused-ring (bicyclic) bond motifs is 1. The first-order valence-electron chi connectivity index (χ1n) is 8.36. The Kier molecular flexibility index (Phi) is 4.21. The van der Waals surface area contributed by atoms with Gasteiger partial charge in [-0.2, -0.15) is 0 Å². The minimum Gasteiger partial charge on any atom is -0.488 e. The molecule has 1 aliphatic rings. The second-order valence-corrected chi connectivity index (χ2v) is 6.04. The number of benzene rings is 3. The van der Waals surface area contributed by atoms with Crippen molar-refractivity contribution in [1.82, 2.24) is 0 Å². The summed E-state index contributed by atoms with van der Waals surface area (Å²) in [5.74, 6) is 1.50. The predicted octanol–water partition coefficient (Wildman–Crippen LogP) is 4.97. The molecule has 124 valence electrons. The number of rotatable bonds is 4. The Morgan fingerprint density at radius 3 is 2.48 bits per heavy atom. The van der Waals surface area contributed by atoms with E-state index in [2.05, 4.69) is 0 Å². The number of hydrogen-bond acceptors (Lipinski definition) is 3. The summed E-state index contributed by atoms with van der Waals surface area (Å²) in [4.78, 5) is 12.4. The van der Waals surface area contributed by atoms with Crippen LogP contribution in [0.3, 0.4) is 0 Å². The SMILES string of the molecule is O=C1CC(c2ccccc2OCc2ccccc2)Oc2ccccc21. The molecule has 1 unspecified atom stereocenters. The standard InChI is InChI=1S/C22H18O3/c23-19-14-22(25-21-13-7-4-10-17(19)21)18-11-5-6-12-20(18)24-15-16-8-2-1-3-9-16/h1-13,22H,14-15H2. The molecule has 1 atom stereocenters.